The van der Waals surface area contributed by atoms with Gasteiger partial charge in [0.1, 0.15) is 6.07 Å². The van der Waals surface area contributed by atoms with Crippen molar-refractivity contribution < 1.29 is 73.5 Å². The fraction of sp³-hybridized carbons (Fsp3) is 0.0909. The molecule has 0 radical (unpaired) electrons. The van der Waals surface area contributed by atoms with Crippen molar-refractivity contribution in [2.24, 2.45) is 5.16 Å². The summed E-state index contributed by atoms with van der Waals surface area (Å²) in [7, 11) is 0. The van der Waals surface area contributed by atoms with Gasteiger partial charge in [-0.3, -0.25) is 4.79 Å². The van der Waals surface area contributed by atoms with Gasteiger partial charge >= 0.3 is 145 Å². The quantitative estimate of drug-likeness (QED) is 0.0460. The number of nitriles is 1. The molecule has 0 saturated carbocycles. The molecular formula is C22H10F6I6N6O6V-. The summed E-state index contributed by atoms with van der Waals surface area (Å²) < 4.78 is 81.9. The molecule has 254 valence electrons. The van der Waals surface area contributed by atoms with E-state index in [1.54, 1.807) is 6.07 Å². The van der Waals surface area contributed by atoms with Crippen LogP contribution in [0.3, 0.4) is 0 Å². The zero-order valence-corrected chi connectivity index (χ0v) is 36.2. The number of carboxylic acid groups (broad SMARTS) is 1. The number of aliphatic carboxylic acids is 1. The number of alkyl halides is 6. The first-order valence-electron chi connectivity index (χ1n) is 11.0. The predicted molar refractivity (Wildman–Crippen MR) is 185 cm³/mol. The topological polar surface area (TPSA) is 189 Å². The fourth-order valence-electron chi connectivity index (χ4n) is 2.73. The molecule has 0 aliphatic carbocycles. The van der Waals surface area contributed by atoms with Gasteiger partial charge in [-0.2, -0.15) is 41.6 Å². The number of halogens is 12. The third-order valence-electron chi connectivity index (χ3n) is 4.56. The summed E-state index contributed by atoms with van der Waals surface area (Å²) in [5.41, 5.74) is 0.397. The molecule has 0 bridgehead atoms. The molecule has 0 aliphatic rings. The number of hydrogen-bond donors (Lipinski definition) is 2. The normalized spacial score (nSPS) is 11.3. The van der Waals surface area contributed by atoms with Gasteiger partial charge in [0.25, 0.3) is 5.78 Å². The summed E-state index contributed by atoms with van der Waals surface area (Å²) in [6.45, 7) is 0. The Morgan fingerprint density at radius 3 is 1.40 bits per heavy atom. The Morgan fingerprint density at radius 1 is 0.809 bits per heavy atom. The average Bonchev–Trinajstić information content (AvgIpc) is 3.70. The van der Waals surface area contributed by atoms with Gasteiger partial charge in [-0.05, 0) is 0 Å². The Morgan fingerprint density at radius 2 is 1.15 bits per heavy atom. The van der Waals surface area contributed by atoms with Gasteiger partial charge in [-0.1, -0.05) is 64.0 Å². The van der Waals surface area contributed by atoms with E-state index < -0.39 is 35.9 Å². The Bertz CT molecular complexity index is 1680. The molecule has 4 rings (SSSR count). The standard InChI is InChI=1S/C11H5F3N4O2.C11H5F3N2O4.I3.3HI.V/c12-11(13,14)10-16-9(18-20-10)7-3-1-6(2-4-7)8(5-15)17-19;12-11(13,14)10-15-8(16-20-10)6-3-1-5(2-4-6)7(17)9(18)19;1-3-2;;;;/h1-4,19H;1-4H,(H,18,19);;3*1H;/q;;-1;;;;+3/p-3. The Balaban J connectivity index is 0.000000393. The van der Waals surface area contributed by atoms with Crippen molar-refractivity contribution in [3.8, 4) is 28.8 Å². The number of hydrogen-bond acceptors (Lipinski definition) is 11. The van der Waals surface area contributed by atoms with E-state index in [4.69, 9.17) is 15.6 Å². The van der Waals surface area contributed by atoms with Crippen LogP contribution in [0.1, 0.15) is 27.7 Å². The molecule has 0 amide bonds. The summed E-state index contributed by atoms with van der Waals surface area (Å²) in [4.78, 5) is 27.7. The van der Waals surface area contributed by atoms with Gasteiger partial charge in [-0.15, -0.1) is 0 Å². The van der Waals surface area contributed by atoms with Crippen LogP contribution in [0, 0.1) is 11.3 Å². The minimum atomic E-state index is -4.75. The zero-order valence-electron chi connectivity index (χ0n) is 21.8. The number of carbonyl (C=O) groups is 2. The number of carboxylic acids is 1. The molecular weight excluding hydrogens is 1370 g/mol. The third kappa shape index (κ3) is 15.8. The van der Waals surface area contributed by atoms with Crippen molar-refractivity contribution in [1.29, 1.82) is 5.26 Å². The molecule has 4 aromatic rings. The number of Topliss-reactive ketones (excluding diaryl/α,β-unsaturated/α-hetero) is 1. The van der Waals surface area contributed by atoms with Crippen LogP contribution in [-0.4, -0.2) is 48.1 Å². The van der Waals surface area contributed by atoms with E-state index in [1.807, 2.05) is 0 Å². The number of oxime groups is 1. The molecule has 0 aliphatic heterocycles. The number of aromatic nitrogens is 4. The summed E-state index contributed by atoms with van der Waals surface area (Å²) in [5, 5.41) is 34.9. The van der Waals surface area contributed by atoms with E-state index in [-0.39, 0.29) is 39.0 Å². The van der Waals surface area contributed by atoms with E-state index in [1.165, 1.54) is 36.4 Å². The van der Waals surface area contributed by atoms with Gasteiger partial charge < -0.3 is 19.4 Å². The van der Waals surface area contributed by atoms with Crippen LogP contribution in [0.4, 0.5) is 26.3 Å². The fourth-order valence-corrected chi connectivity index (χ4v) is 2.73. The number of ketones is 1. The number of nitrogens with zero attached hydrogens (tertiary/aromatic N) is 6. The van der Waals surface area contributed by atoms with E-state index in [9.17, 15) is 35.9 Å². The second-order valence-electron chi connectivity index (χ2n) is 7.44. The van der Waals surface area contributed by atoms with Crippen LogP contribution in [0.15, 0.2) is 62.7 Å². The van der Waals surface area contributed by atoms with Crippen molar-refractivity contribution in [3.05, 3.63) is 71.4 Å². The molecule has 0 atom stereocenters. The maximum atomic E-state index is 12.3. The monoisotopic (exact) mass is 1380 g/mol. The van der Waals surface area contributed by atoms with Gasteiger partial charge in [0.15, 0.2) is 5.71 Å². The molecule has 47 heavy (non-hydrogen) atoms. The van der Waals surface area contributed by atoms with Gasteiger partial charge in [0, 0.05) is 22.3 Å². The average molecular weight is 1380 g/mol. The molecule has 0 saturated heterocycles. The second kappa shape index (κ2) is 21.6. The van der Waals surface area contributed by atoms with E-state index >= 15 is 0 Å². The first-order valence-corrected chi connectivity index (χ1v) is 37.1. The Hall–Kier alpha value is -0.636. The molecule has 2 N–H and O–H groups in total. The molecule has 25 heteroatoms. The SMILES string of the molecule is I[I-]I.N#CC(=NO)c1ccc(-c2noc(C(F)(F)F)n2)cc1.O=C(O)C(=O)c1ccc(-c2noc(C(F)(F)F)n2)cc1.[I][V]([I])[I]. The summed E-state index contributed by atoms with van der Waals surface area (Å²) in [6.07, 6.45) is -9.45. The molecule has 0 spiro atoms. The van der Waals surface area contributed by atoms with Crippen molar-refractivity contribution in [1.82, 2.24) is 20.3 Å². The number of rotatable bonds is 5. The van der Waals surface area contributed by atoms with Crippen LogP contribution < -0.4 is 13.3 Å². The molecule has 2 aromatic carbocycles. The molecule has 12 nitrogen and oxygen atoms in total. The first-order chi connectivity index (χ1) is 21.9. The summed E-state index contributed by atoms with van der Waals surface area (Å²) in [6, 6.07) is 11.9. The van der Waals surface area contributed by atoms with Crippen LogP contribution in [0.5, 0.6) is 0 Å². The second-order valence-corrected chi connectivity index (χ2v) is 59.1. The van der Waals surface area contributed by atoms with Crippen molar-refractivity contribution in [2.75, 3.05) is 0 Å². The van der Waals surface area contributed by atoms with E-state index in [2.05, 4.69) is 132 Å². The summed E-state index contributed by atoms with van der Waals surface area (Å²) in [5.74, 6) is -6.23. The molecule has 0 fully saturated rings. The van der Waals surface area contributed by atoms with Crippen molar-refractivity contribution in [3.63, 3.8) is 0 Å². The maximum absolute atomic E-state index is 12.3. The van der Waals surface area contributed by atoms with Crippen molar-refractivity contribution >= 4 is 115 Å². The predicted octanol–water partition coefficient (Wildman–Crippen LogP) is 5.91. The van der Waals surface area contributed by atoms with E-state index in [0.717, 1.165) is 12.1 Å². The number of benzene rings is 2. The van der Waals surface area contributed by atoms with E-state index in [0.29, 0.717) is 18.8 Å². The number of carbonyl (C=O) groups excluding carboxylic acids is 1. The van der Waals surface area contributed by atoms with Crippen LogP contribution in [0.2, 0.25) is 0 Å². The molecule has 2 aromatic heterocycles. The Labute approximate surface area is 326 Å². The third-order valence-corrected chi connectivity index (χ3v) is 4.56. The first kappa shape index (κ1) is 44.4. The van der Waals surface area contributed by atoms with Crippen LogP contribution >= 0.6 is 97.2 Å². The molecule has 0 unspecified atom stereocenters. The zero-order chi connectivity index (χ0) is 35.9. The minimum absolute atomic E-state index is 0.110. The molecule has 2 heterocycles. The van der Waals surface area contributed by atoms with Gasteiger partial charge in [0.05, 0.1) is 0 Å². The van der Waals surface area contributed by atoms with Gasteiger partial charge in [-0.25, -0.2) is 4.79 Å². The summed E-state index contributed by atoms with van der Waals surface area (Å²) >= 11 is 12.7. The van der Waals surface area contributed by atoms with Crippen molar-refractivity contribution in [2.45, 2.75) is 12.4 Å². The van der Waals surface area contributed by atoms with Gasteiger partial charge in [0.2, 0.25) is 11.6 Å². The Kier molecular flexibility index (Phi) is 20.4. The van der Waals surface area contributed by atoms with Crippen LogP contribution in [-0.2, 0) is 22.1 Å². The van der Waals surface area contributed by atoms with Crippen LogP contribution in [0.25, 0.3) is 22.8 Å².